The molecule has 0 aromatic carbocycles. The second kappa shape index (κ2) is 7.47. The zero-order valence-electron chi connectivity index (χ0n) is 16.0. The summed E-state index contributed by atoms with van der Waals surface area (Å²) in [5.74, 6) is 1.97. The van der Waals surface area contributed by atoms with E-state index in [1.807, 2.05) is 6.92 Å². The van der Waals surface area contributed by atoms with Crippen LogP contribution in [0.4, 0.5) is 5.82 Å². The van der Waals surface area contributed by atoms with Crippen LogP contribution >= 0.6 is 0 Å². The summed E-state index contributed by atoms with van der Waals surface area (Å²) >= 11 is 0. The van der Waals surface area contributed by atoms with E-state index in [0.717, 1.165) is 36.7 Å². The number of hydrogen-bond donors (Lipinski definition) is 1. The Morgan fingerprint density at radius 1 is 1.29 bits per heavy atom. The van der Waals surface area contributed by atoms with Gasteiger partial charge in [-0.1, -0.05) is 27.7 Å². The van der Waals surface area contributed by atoms with Crippen molar-refractivity contribution in [2.75, 3.05) is 25.9 Å². The quantitative estimate of drug-likeness (QED) is 0.844. The van der Waals surface area contributed by atoms with E-state index in [-0.39, 0.29) is 0 Å². The van der Waals surface area contributed by atoms with Gasteiger partial charge in [0, 0.05) is 17.8 Å². The summed E-state index contributed by atoms with van der Waals surface area (Å²) in [6, 6.07) is 0. The van der Waals surface area contributed by atoms with Crippen LogP contribution < -0.4 is 5.73 Å². The molecule has 134 valence electrons. The van der Waals surface area contributed by atoms with Crippen LogP contribution in [-0.2, 0) is 6.42 Å². The first kappa shape index (κ1) is 18.6. The zero-order valence-corrected chi connectivity index (χ0v) is 16.0. The Kier molecular flexibility index (Phi) is 5.80. The minimum atomic E-state index is 0.405. The Bertz CT molecular complexity index is 670. The normalized spacial score (nSPS) is 13.8. The molecule has 24 heavy (non-hydrogen) atoms. The first-order chi connectivity index (χ1) is 11.2. The smallest absolute Gasteiger partial charge is 0.254 e. The van der Waals surface area contributed by atoms with Crippen molar-refractivity contribution in [2.24, 2.45) is 11.3 Å². The molecule has 1 atom stereocenters. The molecule has 0 aliphatic rings. The van der Waals surface area contributed by atoms with E-state index >= 15 is 0 Å². The monoisotopic (exact) mass is 332 g/mol. The van der Waals surface area contributed by atoms with Crippen LogP contribution in [-0.4, -0.2) is 44.6 Å². The number of hydrogen-bond acceptors (Lipinski definition) is 5. The van der Waals surface area contributed by atoms with Crippen molar-refractivity contribution in [3.63, 3.8) is 0 Å². The minimum Gasteiger partial charge on any atom is -0.383 e. The maximum absolute atomic E-state index is 6.24. The molecule has 0 bridgehead atoms. The molecule has 1 unspecified atom stereocenters. The maximum atomic E-state index is 6.24. The van der Waals surface area contributed by atoms with E-state index in [1.165, 1.54) is 19.2 Å². The van der Waals surface area contributed by atoms with Crippen LogP contribution in [0, 0.1) is 18.3 Å². The van der Waals surface area contributed by atoms with Crippen molar-refractivity contribution in [1.29, 1.82) is 0 Å². The Morgan fingerprint density at radius 2 is 2.00 bits per heavy atom. The van der Waals surface area contributed by atoms with Gasteiger partial charge in [-0.3, -0.25) is 0 Å². The van der Waals surface area contributed by atoms with Crippen LogP contribution in [0.3, 0.4) is 0 Å². The van der Waals surface area contributed by atoms with Crippen molar-refractivity contribution < 1.29 is 0 Å². The fourth-order valence-electron chi connectivity index (χ4n) is 3.32. The van der Waals surface area contributed by atoms with E-state index in [0.29, 0.717) is 17.0 Å². The standard InChI is InChI=1S/C18H32N6/c1-13(11-18(3,4)5)7-9-23(6)10-8-15-14(2)22-17-20-12-21-24(17)16(15)19/h12-13H,7-11,19H2,1-6H3. The summed E-state index contributed by atoms with van der Waals surface area (Å²) < 4.78 is 1.62. The van der Waals surface area contributed by atoms with E-state index < -0.39 is 0 Å². The van der Waals surface area contributed by atoms with Gasteiger partial charge in [0.15, 0.2) is 0 Å². The maximum Gasteiger partial charge on any atom is 0.254 e. The number of anilines is 1. The van der Waals surface area contributed by atoms with Gasteiger partial charge in [0.05, 0.1) is 0 Å². The van der Waals surface area contributed by atoms with E-state index in [9.17, 15) is 0 Å². The Labute approximate surface area is 145 Å². The van der Waals surface area contributed by atoms with Crippen molar-refractivity contribution in [3.05, 3.63) is 17.6 Å². The molecule has 6 nitrogen and oxygen atoms in total. The highest BCUT2D eigenvalue weighted by Gasteiger charge is 2.16. The predicted molar refractivity (Wildman–Crippen MR) is 99.0 cm³/mol. The predicted octanol–water partition coefficient (Wildman–Crippen LogP) is 2.95. The van der Waals surface area contributed by atoms with Gasteiger partial charge in [0.25, 0.3) is 5.78 Å². The average molecular weight is 332 g/mol. The lowest BCUT2D eigenvalue weighted by Gasteiger charge is -2.25. The van der Waals surface area contributed by atoms with Gasteiger partial charge in [0.2, 0.25) is 0 Å². The van der Waals surface area contributed by atoms with Crippen molar-refractivity contribution in [2.45, 2.75) is 53.9 Å². The molecular formula is C18H32N6. The Morgan fingerprint density at radius 3 is 2.67 bits per heavy atom. The summed E-state index contributed by atoms with van der Waals surface area (Å²) in [5.41, 5.74) is 8.67. The van der Waals surface area contributed by atoms with Gasteiger partial charge in [-0.25, -0.2) is 4.98 Å². The molecule has 0 spiro atoms. The van der Waals surface area contributed by atoms with Crippen LogP contribution in [0.5, 0.6) is 0 Å². The number of rotatable bonds is 7. The summed E-state index contributed by atoms with van der Waals surface area (Å²) in [6.07, 6.45) is 4.86. The topological polar surface area (TPSA) is 72.3 Å². The number of likely N-dealkylation sites (N-methyl/N-ethyl adjacent to an activating group) is 1. The summed E-state index contributed by atoms with van der Waals surface area (Å²) in [5, 5.41) is 4.15. The largest absolute Gasteiger partial charge is 0.383 e. The molecule has 2 N–H and O–H groups in total. The highest BCUT2D eigenvalue weighted by atomic mass is 15.3. The fraction of sp³-hybridized carbons (Fsp3) is 0.722. The van der Waals surface area contributed by atoms with E-state index in [2.05, 4.69) is 54.7 Å². The first-order valence-corrected chi connectivity index (χ1v) is 8.80. The van der Waals surface area contributed by atoms with Gasteiger partial charge < -0.3 is 10.6 Å². The van der Waals surface area contributed by atoms with Crippen molar-refractivity contribution >= 4 is 11.6 Å². The first-order valence-electron chi connectivity index (χ1n) is 8.80. The Balaban J connectivity index is 1.89. The van der Waals surface area contributed by atoms with Gasteiger partial charge >= 0.3 is 0 Å². The third-order valence-corrected chi connectivity index (χ3v) is 4.48. The summed E-state index contributed by atoms with van der Waals surface area (Å²) in [7, 11) is 2.18. The minimum absolute atomic E-state index is 0.405. The number of nitrogens with two attached hydrogens (primary N) is 1. The average Bonchev–Trinajstić information content (AvgIpc) is 2.91. The molecule has 0 radical (unpaired) electrons. The Hall–Kier alpha value is -1.69. The highest BCUT2D eigenvalue weighted by molar-refractivity contribution is 5.49. The molecule has 0 saturated carbocycles. The third-order valence-electron chi connectivity index (χ3n) is 4.48. The molecular weight excluding hydrogens is 300 g/mol. The molecule has 6 heteroatoms. The lowest BCUT2D eigenvalue weighted by Crippen LogP contribution is -2.25. The van der Waals surface area contributed by atoms with E-state index in [1.54, 1.807) is 4.52 Å². The van der Waals surface area contributed by atoms with Crippen LogP contribution in [0.1, 0.15) is 51.8 Å². The van der Waals surface area contributed by atoms with Gasteiger partial charge in [-0.2, -0.15) is 14.6 Å². The van der Waals surface area contributed by atoms with E-state index in [4.69, 9.17) is 5.73 Å². The zero-order chi connectivity index (χ0) is 17.9. The molecule has 0 fully saturated rings. The second-order valence-corrected chi connectivity index (χ2v) is 8.24. The van der Waals surface area contributed by atoms with Crippen LogP contribution in [0.2, 0.25) is 0 Å². The molecule has 0 amide bonds. The van der Waals surface area contributed by atoms with Crippen molar-refractivity contribution in [1.82, 2.24) is 24.5 Å². The second-order valence-electron chi connectivity index (χ2n) is 8.24. The van der Waals surface area contributed by atoms with Gasteiger partial charge in [-0.05, 0) is 51.1 Å². The molecule has 2 aromatic heterocycles. The number of nitrogen functional groups attached to an aromatic ring is 1. The molecule has 2 aromatic rings. The number of aromatic nitrogens is 4. The van der Waals surface area contributed by atoms with Crippen LogP contribution in [0.25, 0.3) is 5.78 Å². The molecule has 0 aliphatic heterocycles. The third kappa shape index (κ3) is 4.90. The van der Waals surface area contributed by atoms with Gasteiger partial charge in [0.1, 0.15) is 12.1 Å². The van der Waals surface area contributed by atoms with Crippen molar-refractivity contribution in [3.8, 4) is 0 Å². The van der Waals surface area contributed by atoms with Gasteiger partial charge in [-0.15, -0.1) is 0 Å². The fourth-order valence-corrected chi connectivity index (χ4v) is 3.32. The number of fused-ring (bicyclic) bond motifs is 1. The lowest BCUT2D eigenvalue weighted by molar-refractivity contribution is 0.256. The lowest BCUT2D eigenvalue weighted by atomic mass is 9.84. The number of nitrogens with zero attached hydrogens (tertiary/aromatic N) is 5. The molecule has 0 saturated heterocycles. The molecule has 2 rings (SSSR count). The number of aryl methyl sites for hydroxylation is 1. The molecule has 0 aliphatic carbocycles. The van der Waals surface area contributed by atoms with Crippen LogP contribution in [0.15, 0.2) is 6.33 Å². The summed E-state index contributed by atoms with van der Waals surface area (Å²) in [6.45, 7) is 13.4. The highest BCUT2D eigenvalue weighted by Crippen LogP contribution is 2.26. The SMILES string of the molecule is Cc1nc2ncnn2c(N)c1CCN(C)CCC(C)CC(C)(C)C. The summed E-state index contributed by atoms with van der Waals surface area (Å²) in [4.78, 5) is 11.0. The molecule has 2 heterocycles.